The molecule has 0 aromatic carbocycles. The second-order valence-electron chi connectivity index (χ2n) is 6.42. The van der Waals surface area contributed by atoms with E-state index in [1.807, 2.05) is 6.92 Å². The highest BCUT2D eigenvalue weighted by molar-refractivity contribution is 5.96. The van der Waals surface area contributed by atoms with Gasteiger partial charge in [-0.25, -0.2) is 0 Å². The highest BCUT2D eigenvalue weighted by Gasteiger charge is 2.74. The Morgan fingerprint density at radius 1 is 1.47 bits per heavy atom. The fraction of sp³-hybridized carbons (Fsp3) is 0.600. The summed E-state index contributed by atoms with van der Waals surface area (Å²) < 4.78 is 0. The van der Waals surface area contributed by atoms with Crippen molar-refractivity contribution >= 4 is 11.7 Å². The first kappa shape index (κ1) is 12.5. The van der Waals surface area contributed by atoms with Gasteiger partial charge in [-0.3, -0.25) is 14.5 Å². The van der Waals surface area contributed by atoms with Gasteiger partial charge in [0.25, 0.3) is 0 Å². The topological polar surface area (TPSA) is 63.4 Å². The van der Waals surface area contributed by atoms with Crippen LogP contribution in [0.3, 0.4) is 0 Å². The maximum atomic E-state index is 12.8. The molecular weight excluding hydrogens is 240 g/mol. The summed E-state index contributed by atoms with van der Waals surface area (Å²) >= 11 is 0. The van der Waals surface area contributed by atoms with Gasteiger partial charge in [-0.05, 0) is 31.6 Å². The van der Waals surface area contributed by atoms with Crippen molar-refractivity contribution < 1.29 is 9.59 Å². The molecule has 3 aliphatic carbocycles. The predicted octanol–water partition coefficient (Wildman–Crippen LogP) is 1.78. The SMILES string of the molecule is C=CN(/C=C\N)C(=O)C12CC(C)C(=O)C3(CC3C1)C2. The van der Waals surface area contributed by atoms with Crippen LogP contribution in [0.25, 0.3) is 0 Å². The number of amides is 1. The van der Waals surface area contributed by atoms with E-state index in [0.717, 1.165) is 19.3 Å². The van der Waals surface area contributed by atoms with E-state index in [4.69, 9.17) is 5.73 Å². The molecule has 102 valence electrons. The summed E-state index contributed by atoms with van der Waals surface area (Å²) in [6, 6.07) is 0. The predicted molar refractivity (Wildman–Crippen MR) is 71.4 cm³/mol. The Bertz CT molecular complexity index is 498. The van der Waals surface area contributed by atoms with Crippen LogP contribution in [0.4, 0.5) is 0 Å². The molecule has 1 amide bonds. The number of fused-ring (bicyclic) bond motifs is 1. The van der Waals surface area contributed by atoms with Crippen molar-refractivity contribution in [2.75, 3.05) is 0 Å². The molecule has 4 unspecified atom stereocenters. The Hall–Kier alpha value is -1.58. The van der Waals surface area contributed by atoms with Gasteiger partial charge in [0.1, 0.15) is 5.78 Å². The van der Waals surface area contributed by atoms with E-state index in [1.165, 1.54) is 17.3 Å². The number of ketones is 1. The van der Waals surface area contributed by atoms with Crippen LogP contribution in [0.15, 0.2) is 25.2 Å². The third-order valence-corrected chi connectivity index (χ3v) is 5.29. The number of nitrogens with two attached hydrogens (primary N) is 1. The number of hydrogen-bond acceptors (Lipinski definition) is 3. The van der Waals surface area contributed by atoms with Gasteiger partial charge in [-0.15, -0.1) is 0 Å². The van der Waals surface area contributed by atoms with Gasteiger partial charge in [0.15, 0.2) is 0 Å². The molecule has 4 atom stereocenters. The maximum Gasteiger partial charge on any atom is 0.236 e. The van der Waals surface area contributed by atoms with E-state index in [9.17, 15) is 9.59 Å². The first-order valence-corrected chi connectivity index (χ1v) is 6.87. The third kappa shape index (κ3) is 1.46. The van der Waals surface area contributed by atoms with Crippen molar-refractivity contribution in [3.63, 3.8) is 0 Å². The Balaban J connectivity index is 1.91. The summed E-state index contributed by atoms with van der Waals surface area (Å²) in [5.41, 5.74) is 4.84. The highest BCUT2D eigenvalue weighted by atomic mass is 16.2. The minimum atomic E-state index is -0.371. The lowest BCUT2D eigenvalue weighted by atomic mass is 9.66. The standard InChI is InChI=1S/C15H20N2O2/c1-3-17(5-4-16)13(19)14-6-10(2)12(18)15(9-14)8-11(15)7-14/h3-5,10-11H,1,6-9,16H2,2H3/b5-4-. The van der Waals surface area contributed by atoms with Crippen LogP contribution in [-0.2, 0) is 9.59 Å². The molecule has 0 aliphatic heterocycles. The number of hydrogen-bond donors (Lipinski definition) is 1. The van der Waals surface area contributed by atoms with E-state index < -0.39 is 0 Å². The van der Waals surface area contributed by atoms with Crippen molar-refractivity contribution in [2.24, 2.45) is 28.4 Å². The number of carbonyl (C=O) groups excluding carboxylic acids is 2. The van der Waals surface area contributed by atoms with Gasteiger partial charge in [0.05, 0.1) is 5.41 Å². The second kappa shape index (κ2) is 3.71. The molecule has 2 bridgehead atoms. The van der Waals surface area contributed by atoms with E-state index >= 15 is 0 Å². The molecule has 0 radical (unpaired) electrons. The molecule has 3 aliphatic rings. The van der Waals surface area contributed by atoms with E-state index in [1.54, 1.807) is 6.20 Å². The molecule has 3 saturated carbocycles. The summed E-state index contributed by atoms with van der Waals surface area (Å²) in [6.45, 7) is 5.63. The van der Waals surface area contributed by atoms with E-state index in [2.05, 4.69) is 6.58 Å². The van der Waals surface area contributed by atoms with Crippen molar-refractivity contribution in [1.82, 2.24) is 4.90 Å². The Morgan fingerprint density at radius 2 is 2.21 bits per heavy atom. The number of nitrogens with zero attached hydrogens (tertiary/aromatic N) is 1. The summed E-state index contributed by atoms with van der Waals surface area (Å²) in [7, 11) is 0. The van der Waals surface area contributed by atoms with Gasteiger partial charge in [0, 0.05) is 29.9 Å². The van der Waals surface area contributed by atoms with Crippen LogP contribution in [0.5, 0.6) is 0 Å². The summed E-state index contributed by atoms with van der Waals surface area (Å²) in [5.74, 6) is 0.870. The molecule has 3 rings (SSSR count). The van der Waals surface area contributed by atoms with Crippen molar-refractivity contribution in [2.45, 2.75) is 32.6 Å². The molecular formula is C15H20N2O2. The van der Waals surface area contributed by atoms with Gasteiger partial charge in [0.2, 0.25) is 5.91 Å². The number of rotatable bonds is 3. The van der Waals surface area contributed by atoms with Crippen molar-refractivity contribution in [3.8, 4) is 0 Å². The zero-order chi connectivity index (χ0) is 13.8. The summed E-state index contributed by atoms with van der Waals surface area (Å²) in [5, 5.41) is 0. The molecule has 2 N–H and O–H groups in total. The Labute approximate surface area is 113 Å². The lowest BCUT2D eigenvalue weighted by Crippen LogP contribution is -2.45. The smallest absolute Gasteiger partial charge is 0.236 e. The summed E-state index contributed by atoms with van der Waals surface area (Å²) in [6.07, 6.45) is 7.64. The zero-order valence-electron chi connectivity index (χ0n) is 11.3. The largest absolute Gasteiger partial charge is 0.403 e. The molecule has 4 nitrogen and oxygen atoms in total. The Morgan fingerprint density at radius 3 is 2.84 bits per heavy atom. The molecule has 0 heterocycles. The summed E-state index contributed by atoms with van der Waals surface area (Å²) in [4.78, 5) is 26.5. The quantitative estimate of drug-likeness (QED) is 0.841. The van der Waals surface area contributed by atoms with Gasteiger partial charge in [-0.1, -0.05) is 13.5 Å². The lowest BCUT2D eigenvalue weighted by Gasteiger charge is -2.39. The van der Waals surface area contributed by atoms with Crippen LogP contribution in [-0.4, -0.2) is 16.6 Å². The van der Waals surface area contributed by atoms with Crippen LogP contribution in [0.2, 0.25) is 0 Å². The molecule has 1 spiro atoms. The van der Waals surface area contributed by atoms with Gasteiger partial charge in [-0.2, -0.15) is 0 Å². The van der Waals surface area contributed by atoms with Crippen LogP contribution in [0.1, 0.15) is 32.6 Å². The minimum absolute atomic E-state index is 0.00118. The fourth-order valence-corrected chi connectivity index (χ4v) is 4.55. The van der Waals surface area contributed by atoms with Crippen LogP contribution in [0, 0.1) is 22.7 Å². The van der Waals surface area contributed by atoms with Crippen LogP contribution >= 0.6 is 0 Å². The van der Waals surface area contributed by atoms with E-state index in [-0.39, 0.29) is 22.7 Å². The molecule has 19 heavy (non-hydrogen) atoms. The van der Waals surface area contributed by atoms with Crippen LogP contribution < -0.4 is 5.73 Å². The molecule has 4 heteroatoms. The lowest BCUT2D eigenvalue weighted by molar-refractivity contribution is -0.144. The van der Waals surface area contributed by atoms with Crippen molar-refractivity contribution in [3.05, 3.63) is 25.2 Å². The normalized spacial score (nSPS) is 43.1. The monoisotopic (exact) mass is 260 g/mol. The van der Waals surface area contributed by atoms with Crippen molar-refractivity contribution in [1.29, 1.82) is 0 Å². The first-order chi connectivity index (χ1) is 8.99. The first-order valence-electron chi connectivity index (χ1n) is 6.87. The molecule has 0 saturated heterocycles. The minimum Gasteiger partial charge on any atom is -0.403 e. The van der Waals surface area contributed by atoms with E-state index in [0.29, 0.717) is 18.1 Å². The third-order valence-electron chi connectivity index (χ3n) is 5.29. The zero-order valence-corrected chi connectivity index (χ0v) is 11.3. The molecule has 0 aromatic heterocycles. The fourth-order valence-electron chi connectivity index (χ4n) is 4.55. The number of Topliss-reactive ketones (excluding diaryl/α,β-unsaturated/α-hetero) is 1. The average Bonchev–Trinajstić information content (AvgIpc) is 2.97. The molecule has 3 fully saturated rings. The van der Waals surface area contributed by atoms with Gasteiger partial charge >= 0.3 is 0 Å². The molecule has 0 aromatic rings. The Kier molecular flexibility index (Phi) is 2.43. The highest BCUT2D eigenvalue weighted by Crippen LogP contribution is 2.74. The maximum absolute atomic E-state index is 12.8. The second-order valence-corrected chi connectivity index (χ2v) is 6.42. The van der Waals surface area contributed by atoms with Gasteiger partial charge < -0.3 is 5.73 Å². The average molecular weight is 260 g/mol. The number of carbonyl (C=O) groups is 2.